The van der Waals surface area contributed by atoms with Crippen LogP contribution in [-0.4, -0.2) is 31.2 Å². The van der Waals surface area contributed by atoms with Crippen LogP contribution < -0.4 is 15.5 Å². The van der Waals surface area contributed by atoms with Crippen molar-refractivity contribution >= 4 is 27.8 Å². The van der Waals surface area contributed by atoms with E-state index in [0.29, 0.717) is 0 Å². The lowest BCUT2D eigenvalue weighted by Crippen LogP contribution is -2.46. The first kappa shape index (κ1) is 13.2. The summed E-state index contributed by atoms with van der Waals surface area (Å²) < 4.78 is 0. The lowest BCUT2D eigenvalue weighted by atomic mass is 10.2. The molecule has 2 N–H and O–H groups in total. The van der Waals surface area contributed by atoms with E-state index in [1.807, 2.05) is 12.1 Å². The Kier molecular flexibility index (Phi) is 3.78. The van der Waals surface area contributed by atoms with E-state index in [4.69, 9.17) is 5.73 Å². The molecule has 3 rings (SSSR count). The topological polar surface area (TPSA) is 45.4 Å². The van der Waals surface area contributed by atoms with E-state index in [2.05, 4.69) is 39.2 Å². The van der Waals surface area contributed by atoms with Crippen molar-refractivity contribution < 1.29 is 0 Å². The number of benzene rings is 1. The second-order valence-corrected chi connectivity index (χ2v) is 5.88. The van der Waals surface area contributed by atoms with Crippen LogP contribution in [0.15, 0.2) is 29.6 Å². The molecule has 0 unspecified atom stereocenters. The van der Waals surface area contributed by atoms with Crippen LogP contribution >= 0.6 is 11.3 Å². The summed E-state index contributed by atoms with van der Waals surface area (Å²) in [6, 6.07) is 8.14. The molecule has 0 amide bonds. The van der Waals surface area contributed by atoms with E-state index in [1.165, 1.54) is 16.5 Å². The van der Waals surface area contributed by atoms with Gasteiger partial charge >= 0.3 is 0 Å². The highest BCUT2D eigenvalue weighted by Gasteiger charge is 2.19. The highest BCUT2D eigenvalue weighted by atomic mass is 32.1. The molecule has 1 saturated heterocycles. The fourth-order valence-corrected chi connectivity index (χ4v) is 3.41. The zero-order chi connectivity index (χ0) is 13.9. The molecule has 1 aliphatic heterocycles. The predicted molar refractivity (Wildman–Crippen MR) is 86.8 cm³/mol. The van der Waals surface area contributed by atoms with Gasteiger partial charge in [0.15, 0.2) is 5.13 Å². The van der Waals surface area contributed by atoms with Crippen LogP contribution in [0.5, 0.6) is 0 Å². The van der Waals surface area contributed by atoms with Crippen LogP contribution in [0.3, 0.4) is 0 Å². The molecule has 4 nitrogen and oxygen atoms in total. The van der Waals surface area contributed by atoms with Crippen molar-refractivity contribution in [2.75, 3.05) is 41.7 Å². The van der Waals surface area contributed by atoms with Crippen molar-refractivity contribution in [1.82, 2.24) is 4.98 Å². The lowest BCUT2D eigenvalue weighted by Gasteiger charge is -2.36. The molecule has 2 heterocycles. The number of aryl methyl sites for hydroxylation is 1. The first-order valence-corrected chi connectivity index (χ1v) is 7.94. The Hall–Kier alpha value is -1.75. The molecule has 0 bridgehead atoms. The van der Waals surface area contributed by atoms with Crippen molar-refractivity contribution in [1.29, 1.82) is 0 Å². The van der Waals surface area contributed by atoms with Gasteiger partial charge in [0, 0.05) is 42.9 Å². The van der Waals surface area contributed by atoms with Crippen molar-refractivity contribution in [3.8, 4) is 0 Å². The largest absolute Gasteiger partial charge is 0.399 e. The number of nitrogens with zero attached hydrogens (tertiary/aromatic N) is 3. The van der Waals surface area contributed by atoms with Gasteiger partial charge in [-0.05, 0) is 30.7 Å². The van der Waals surface area contributed by atoms with Gasteiger partial charge in [0.2, 0.25) is 0 Å². The minimum Gasteiger partial charge on any atom is -0.399 e. The van der Waals surface area contributed by atoms with E-state index in [9.17, 15) is 0 Å². The van der Waals surface area contributed by atoms with E-state index in [-0.39, 0.29) is 0 Å². The van der Waals surface area contributed by atoms with Gasteiger partial charge in [0.05, 0.1) is 5.69 Å². The Morgan fingerprint density at radius 1 is 1.10 bits per heavy atom. The summed E-state index contributed by atoms with van der Waals surface area (Å²) in [5, 5.41) is 3.33. The van der Waals surface area contributed by atoms with Crippen molar-refractivity contribution in [2.24, 2.45) is 0 Å². The molecular formula is C15H20N4S. The Bertz CT molecular complexity index is 556. The highest BCUT2D eigenvalue weighted by molar-refractivity contribution is 7.13. The van der Waals surface area contributed by atoms with Crippen LogP contribution in [0.25, 0.3) is 0 Å². The van der Waals surface area contributed by atoms with Gasteiger partial charge < -0.3 is 15.5 Å². The van der Waals surface area contributed by atoms with Gasteiger partial charge in [0.25, 0.3) is 0 Å². The quantitative estimate of drug-likeness (QED) is 0.882. The summed E-state index contributed by atoms with van der Waals surface area (Å²) in [5.41, 5.74) is 9.01. The normalized spacial score (nSPS) is 15.7. The number of nitrogens with two attached hydrogens (primary N) is 1. The molecule has 20 heavy (non-hydrogen) atoms. The minimum atomic E-state index is 0.822. The average molecular weight is 288 g/mol. The molecule has 1 aliphatic rings. The molecule has 106 valence electrons. The smallest absolute Gasteiger partial charge is 0.185 e. The fourth-order valence-electron chi connectivity index (χ4n) is 2.44. The Labute approximate surface area is 123 Å². The van der Waals surface area contributed by atoms with Crippen LogP contribution in [0.2, 0.25) is 0 Å². The molecule has 0 saturated carbocycles. The molecule has 1 aromatic carbocycles. The maximum absolute atomic E-state index is 5.74. The Morgan fingerprint density at radius 2 is 1.75 bits per heavy atom. The number of nitrogen functional groups attached to an aromatic ring is 1. The number of aromatic nitrogens is 1. The van der Waals surface area contributed by atoms with Gasteiger partial charge in [0.1, 0.15) is 0 Å². The monoisotopic (exact) mass is 288 g/mol. The summed E-state index contributed by atoms with van der Waals surface area (Å²) in [6.07, 6.45) is 1.02. The van der Waals surface area contributed by atoms with Crippen molar-refractivity contribution in [3.63, 3.8) is 0 Å². The summed E-state index contributed by atoms with van der Waals surface area (Å²) in [6.45, 7) is 6.27. The first-order chi connectivity index (χ1) is 9.76. The van der Waals surface area contributed by atoms with Gasteiger partial charge in [-0.25, -0.2) is 4.98 Å². The Balaban J connectivity index is 1.63. The minimum absolute atomic E-state index is 0.822. The molecular weight excluding hydrogens is 268 g/mol. The summed E-state index contributed by atoms with van der Waals surface area (Å²) >= 11 is 1.76. The number of piperazine rings is 1. The fraction of sp³-hybridized carbons (Fsp3) is 0.400. The molecule has 0 spiro atoms. The third kappa shape index (κ3) is 2.72. The van der Waals surface area contributed by atoms with Crippen molar-refractivity contribution in [3.05, 3.63) is 35.3 Å². The summed E-state index contributed by atoms with van der Waals surface area (Å²) in [7, 11) is 0. The predicted octanol–water partition coefficient (Wildman–Crippen LogP) is 2.61. The Morgan fingerprint density at radius 3 is 2.35 bits per heavy atom. The number of hydrogen-bond donors (Lipinski definition) is 1. The molecule has 2 aromatic rings. The molecule has 0 aliphatic carbocycles. The SMILES string of the molecule is CCc1csc(N2CCN(c3ccc(N)cc3)CC2)n1. The third-order valence-corrected chi connectivity index (χ3v) is 4.66. The maximum atomic E-state index is 5.74. The number of hydrogen-bond acceptors (Lipinski definition) is 5. The van der Waals surface area contributed by atoms with Crippen molar-refractivity contribution in [2.45, 2.75) is 13.3 Å². The van der Waals surface area contributed by atoms with Gasteiger partial charge in [-0.1, -0.05) is 6.92 Å². The van der Waals surface area contributed by atoms with E-state index < -0.39 is 0 Å². The first-order valence-electron chi connectivity index (χ1n) is 7.06. The molecule has 1 aromatic heterocycles. The lowest BCUT2D eigenvalue weighted by molar-refractivity contribution is 0.651. The molecule has 1 fully saturated rings. The second kappa shape index (κ2) is 5.71. The van der Waals surface area contributed by atoms with E-state index in [1.54, 1.807) is 11.3 Å². The van der Waals surface area contributed by atoms with E-state index in [0.717, 1.165) is 38.3 Å². The van der Waals surface area contributed by atoms with Crippen LogP contribution in [0.4, 0.5) is 16.5 Å². The van der Waals surface area contributed by atoms with E-state index >= 15 is 0 Å². The molecule has 0 atom stereocenters. The van der Waals surface area contributed by atoms with Crippen LogP contribution in [0, 0.1) is 0 Å². The van der Waals surface area contributed by atoms with Crippen LogP contribution in [-0.2, 0) is 6.42 Å². The third-order valence-electron chi connectivity index (χ3n) is 3.71. The second-order valence-electron chi connectivity index (χ2n) is 5.04. The molecule has 5 heteroatoms. The number of thiazole rings is 1. The highest BCUT2D eigenvalue weighted by Crippen LogP contribution is 2.24. The average Bonchev–Trinajstić information content (AvgIpc) is 2.97. The zero-order valence-corrected chi connectivity index (χ0v) is 12.6. The van der Waals surface area contributed by atoms with Crippen LogP contribution in [0.1, 0.15) is 12.6 Å². The zero-order valence-electron chi connectivity index (χ0n) is 11.7. The van der Waals surface area contributed by atoms with Gasteiger partial charge in [-0.3, -0.25) is 0 Å². The van der Waals surface area contributed by atoms with Gasteiger partial charge in [-0.15, -0.1) is 11.3 Å². The standard InChI is InChI=1S/C15H20N4S/c1-2-13-11-20-15(17-13)19-9-7-18(8-10-19)14-5-3-12(16)4-6-14/h3-6,11H,2,7-10,16H2,1H3. The summed E-state index contributed by atoms with van der Waals surface area (Å²) in [4.78, 5) is 9.46. The number of rotatable bonds is 3. The van der Waals surface area contributed by atoms with Gasteiger partial charge in [-0.2, -0.15) is 0 Å². The maximum Gasteiger partial charge on any atom is 0.185 e. The number of anilines is 3. The molecule has 0 radical (unpaired) electrons. The summed E-state index contributed by atoms with van der Waals surface area (Å²) in [5.74, 6) is 0.